The van der Waals surface area contributed by atoms with Gasteiger partial charge in [-0.2, -0.15) is 0 Å². The van der Waals surface area contributed by atoms with E-state index in [1.165, 1.54) is 12.0 Å². The van der Waals surface area contributed by atoms with Gasteiger partial charge in [-0.1, -0.05) is 35.5 Å². The molecule has 5 rings (SSSR count). The predicted octanol–water partition coefficient (Wildman–Crippen LogP) is 3.15. The Labute approximate surface area is 172 Å². The van der Waals surface area contributed by atoms with Crippen LogP contribution in [0.2, 0.25) is 0 Å². The number of benzene rings is 3. The lowest BCUT2D eigenvalue weighted by molar-refractivity contribution is -0.126. The molecule has 30 heavy (non-hydrogen) atoms. The van der Waals surface area contributed by atoms with Crippen LogP contribution in [-0.2, 0) is 14.4 Å². The van der Waals surface area contributed by atoms with Crippen molar-refractivity contribution < 1.29 is 23.9 Å². The number of carbonyl (C=O) groups is 2. The summed E-state index contributed by atoms with van der Waals surface area (Å²) in [7, 11) is 3.08. The molecular formula is C23H18N2O5. The number of rotatable bonds is 4. The van der Waals surface area contributed by atoms with Gasteiger partial charge in [0, 0.05) is 5.56 Å². The van der Waals surface area contributed by atoms with Gasteiger partial charge >= 0.3 is 0 Å². The summed E-state index contributed by atoms with van der Waals surface area (Å²) in [5.41, 5.74) is 1.57. The molecule has 0 saturated carbocycles. The highest BCUT2D eigenvalue weighted by atomic mass is 16.7. The van der Waals surface area contributed by atoms with Gasteiger partial charge in [0.25, 0.3) is 5.91 Å². The van der Waals surface area contributed by atoms with Crippen molar-refractivity contribution in [3.63, 3.8) is 0 Å². The number of imide groups is 1. The van der Waals surface area contributed by atoms with E-state index in [4.69, 9.17) is 14.3 Å². The summed E-state index contributed by atoms with van der Waals surface area (Å²) in [6.45, 7) is 0. The molecule has 7 nitrogen and oxygen atoms in total. The molecule has 3 aromatic carbocycles. The number of oxime groups is 1. The number of nitrogens with zero attached hydrogens (tertiary/aromatic N) is 2. The van der Waals surface area contributed by atoms with Crippen molar-refractivity contribution in [3.8, 4) is 11.5 Å². The summed E-state index contributed by atoms with van der Waals surface area (Å²) in [6.07, 6.45) is -0.966. The van der Waals surface area contributed by atoms with Crippen LogP contribution in [0.4, 0.5) is 5.69 Å². The van der Waals surface area contributed by atoms with Gasteiger partial charge in [-0.3, -0.25) is 9.59 Å². The van der Waals surface area contributed by atoms with Crippen LogP contribution >= 0.6 is 0 Å². The average molecular weight is 402 g/mol. The van der Waals surface area contributed by atoms with Crippen LogP contribution in [0.5, 0.6) is 11.5 Å². The number of ether oxygens (including phenoxy) is 2. The van der Waals surface area contributed by atoms with E-state index in [1.807, 2.05) is 36.4 Å². The Balaban J connectivity index is 1.51. The van der Waals surface area contributed by atoms with Crippen molar-refractivity contribution in [2.75, 3.05) is 19.1 Å². The fraction of sp³-hybridized carbons (Fsp3) is 0.174. The third kappa shape index (κ3) is 2.62. The molecule has 0 radical (unpaired) electrons. The summed E-state index contributed by atoms with van der Waals surface area (Å²) in [5.74, 6) is -0.513. The van der Waals surface area contributed by atoms with Gasteiger partial charge in [0.05, 0.1) is 19.9 Å². The monoisotopic (exact) mass is 402 g/mol. The Morgan fingerprint density at radius 3 is 2.40 bits per heavy atom. The highest BCUT2D eigenvalue weighted by Gasteiger charge is 2.56. The molecule has 2 amide bonds. The summed E-state index contributed by atoms with van der Waals surface area (Å²) < 4.78 is 10.6. The molecule has 2 heterocycles. The van der Waals surface area contributed by atoms with E-state index in [0.29, 0.717) is 28.5 Å². The molecule has 0 unspecified atom stereocenters. The molecular weight excluding hydrogens is 384 g/mol. The first-order valence-corrected chi connectivity index (χ1v) is 9.45. The van der Waals surface area contributed by atoms with Gasteiger partial charge in [-0.15, -0.1) is 0 Å². The van der Waals surface area contributed by atoms with Crippen molar-refractivity contribution in [2.24, 2.45) is 11.1 Å². The zero-order chi connectivity index (χ0) is 20.8. The standard InChI is InChI=1S/C23H18N2O5/c1-28-17-10-8-15(12-18(17)29-2)20-19-21(30-24-20)23(27)25(22(19)26)16-9-7-13-5-3-4-6-14(13)11-16/h3-12,19,21H,1-2H3/t19-,21+/m0/s1. The van der Waals surface area contributed by atoms with E-state index in [0.717, 1.165) is 10.8 Å². The molecule has 0 aromatic heterocycles. The summed E-state index contributed by atoms with van der Waals surface area (Å²) in [5, 5.41) is 6.03. The first-order valence-electron chi connectivity index (χ1n) is 9.45. The fourth-order valence-corrected chi connectivity index (χ4v) is 3.98. The van der Waals surface area contributed by atoms with Crippen LogP contribution in [-0.4, -0.2) is 37.8 Å². The quantitative estimate of drug-likeness (QED) is 0.627. The van der Waals surface area contributed by atoms with Crippen molar-refractivity contribution in [3.05, 3.63) is 66.2 Å². The maximum atomic E-state index is 13.3. The lowest BCUT2D eigenvalue weighted by Gasteiger charge is -2.16. The number of hydrogen-bond acceptors (Lipinski definition) is 6. The highest BCUT2D eigenvalue weighted by Crippen LogP contribution is 2.37. The lowest BCUT2D eigenvalue weighted by atomic mass is 9.94. The predicted molar refractivity (Wildman–Crippen MR) is 111 cm³/mol. The molecule has 1 fully saturated rings. The Bertz CT molecular complexity index is 1220. The third-order valence-electron chi connectivity index (χ3n) is 5.48. The Morgan fingerprint density at radius 1 is 0.867 bits per heavy atom. The molecule has 0 bridgehead atoms. The fourth-order valence-electron chi connectivity index (χ4n) is 3.98. The maximum Gasteiger partial charge on any atom is 0.278 e. The highest BCUT2D eigenvalue weighted by molar-refractivity contribution is 6.32. The van der Waals surface area contributed by atoms with Crippen molar-refractivity contribution >= 4 is 34.0 Å². The lowest BCUT2D eigenvalue weighted by Crippen LogP contribution is -2.33. The Hall–Kier alpha value is -3.87. The third-order valence-corrected chi connectivity index (χ3v) is 5.48. The SMILES string of the molecule is COc1ccc(C2=NO[C@H]3C(=O)N(c4ccc5ccccc5c4)C(=O)[C@@H]23)cc1OC. The second-order valence-corrected chi connectivity index (χ2v) is 7.09. The number of methoxy groups -OCH3 is 2. The van der Waals surface area contributed by atoms with Gasteiger partial charge in [0.15, 0.2) is 11.5 Å². The number of carbonyl (C=O) groups excluding carboxylic acids is 2. The van der Waals surface area contributed by atoms with Gasteiger partial charge < -0.3 is 14.3 Å². The molecule has 3 aromatic rings. The van der Waals surface area contributed by atoms with E-state index in [1.54, 1.807) is 31.4 Å². The first kappa shape index (κ1) is 18.2. The normalized spacial score (nSPS) is 20.2. The van der Waals surface area contributed by atoms with Gasteiger partial charge in [0.2, 0.25) is 12.0 Å². The minimum atomic E-state index is -0.966. The van der Waals surface area contributed by atoms with Crippen molar-refractivity contribution in [1.82, 2.24) is 0 Å². The zero-order valence-electron chi connectivity index (χ0n) is 16.4. The van der Waals surface area contributed by atoms with E-state index >= 15 is 0 Å². The molecule has 0 N–H and O–H groups in total. The van der Waals surface area contributed by atoms with E-state index in [9.17, 15) is 9.59 Å². The van der Waals surface area contributed by atoms with E-state index in [-0.39, 0.29) is 5.91 Å². The zero-order valence-corrected chi connectivity index (χ0v) is 16.4. The largest absolute Gasteiger partial charge is 0.493 e. The first-order chi connectivity index (χ1) is 14.6. The van der Waals surface area contributed by atoms with Crippen LogP contribution in [0.25, 0.3) is 10.8 Å². The van der Waals surface area contributed by atoms with Crippen LogP contribution in [0.15, 0.2) is 65.8 Å². The average Bonchev–Trinajstić information content (AvgIpc) is 3.33. The van der Waals surface area contributed by atoms with Crippen LogP contribution in [0.1, 0.15) is 5.56 Å². The topological polar surface area (TPSA) is 77.4 Å². The summed E-state index contributed by atoms with van der Waals surface area (Å²) >= 11 is 0. The van der Waals surface area contributed by atoms with Crippen molar-refractivity contribution in [1.29, 1.82) is 0 Å². The minimum absolute atomic E-state index is 0.355. The molecule has 0 aliphatic carbocycles. The maximum absolute atomic E-state index is 13.3. The second kappa shape index (κ2) is 6.88. The van der Waals surface area contributed by atoms with Crippen LogP contribution in [0.3, 0.4) is 0 Å². The van der Waals surface area contributed by atoms with Crippen LogP contribution < -0.4 is 14.4 Å². The van der Waals surface area contributed by atoms with Gasteiger partial charge in [0.1, 0.15) is 11.6 Å². The summed E-state index contributed by atoms with van der Waals surface area (Å²) in [6, 6.07) is 18.5. The van der Waals surface area contributed by atoms with Gasteiger partial charge in [-0.25, -0.2) is 4.90 Å². The molecule has 0 spiro atoms. The Kier molecular flexibility index (Phi) is 4.17. The molecule has 7 heteroatoms. The van der Waals surface area contributed by atoms with Gasteiger partial charge in [-0.05, 0) is 41.1 Å². The molecule has 150 valence electrons. The number of anilines is 1. The number of fused-ring (bicyclic) bond motifs is 2. The van der Waals surface area contributed by atoms with Crippen molar-refractivity contribution in [2.45, 2.75) is 6.10 Å². The van der Waals surface area contributed by atoms with Crippen LogP contribution in [0, 0.1) is 5.92 Å². The summed E-state index contributed by atoms with van der Waals surface area (Å²) in [4.78, 5) is 32.9. The number of amides is 2. The molecule has 1 saturated heterocycles. The van der Waals surface area contributed by atoms with E-state index in [2.05, 4.69) is 5.16 Å². The molecule has 2 atom stereocenters. The second-order valence-electron chi connectivity index (χ2n) is 7.09. The number of hydrogen-bond donors (Lipinski definition) is 0. The minimum Gasteiger partial charge on any atom is -0.493 e. The van der Waals surface area contributed by atoms with E-state index < -0.39 is 17.9 Å². The smallest absolute Gasteiger partial charge is 0.278 e. The molecule has 2 aliphatic rings. The molecule has 2 aliphatic heterocycles. The Morgan fingerprint density at radius 2 is 1.63 bits per heavy atom.